The van der Waals surface area contributed by atoms with Gasteiger partial charge in [0.25, 0.3) is 0 Å². The number of urea groups is 1. The molecule has 1 saturated carbocycles. The number of hydrogen-bond acceptors (Lipinski definition) is 3. The zero-order valence-corrected chi connectivity index (χ0v) is 15.4. The van der Waals surface area contributed by atoms with E-state index in [4.69, 9.17) is 15.6 Å². The van der Waals surface area contributed by atoms with E-state index in [9.17, 15) is 4.79 Å². The largest absolute Gasteiger partial charge is 0.467 e. The predicted octanol–water partition coefficient (Wildman–Crippen LogP) is 3.97. The van der Waals surface area contributed by atoms with Crippen molar-refractivity contribution in [1.29, 1.82) is 0 Å². The molecule has 5 nitrogen and oxygen atoms in total. The van der Waals surface area contributed by atoms with Crippen molar-refractivity contribution in [2.24, 2.45) is 5.92 Å². The van der Waals surface area contributed by atoms with Crippen LogP contribution in [-0.4, -0.2) is 36.7 Å². The molecule has 1 aliphatic rings. The minimum Gasteiger partial charge on any atom is -0.467 e. The minimum atomic E-state index is -0.315. The van der Waals surface area contributed by atoms with Crippen molar-refractivity contribution in [3.05, 3.63) is 24.2 Å². The molecule has 138 valence electrons. The highest BCUT2D eigenvalue weighted by molar-refractivity contribution is 5.75. The molecule has 1 N–H and O–H groups in total. The van der Waals surface area contributed by atoms with E-state index >= 15 is 0 Å². The Bertz CT molecular complexity index is 542. The van der Waals surface area contributed by atoms with Crippen molar-refractivity contribution in [1.82, 2.24) is 10.2 Å². The van der Waals surface area contributed by atoms with E-state index in [1.165, 1.54) is 6.42 Å². The van der Waals surface area contributed by atoms with Crippen LogP contribution >= 0.6 is 0 Å². The maximum Gasteiger partial charge on any atom is 0.319 e. The fraction of sp³-hybridized carbons (Fsp3) is 0.650. The maximum absolute atomic E-state index is 12.9. The van der Waals surface area contributed by atoms with Gasteiger partial charge in [-0.15, -0.1) is 6.42 Å². The molecule has 2 amide bonds. The third kappa shape index (κ3) is 6.13. The lowest BCUT2D eigenvalue weighted by molar-refractivity contribution is 0.0828. The normalized spacial score (nSPS) is 16.4. The SMILES string of the molecule is C#CCN(C(=O)NC(COCC(C)C)c1ccco1)C1CCCCC1. The first-order chi connectivity index (χ1) is 12.1. The molecule has 0 radical (unpaired) electrons. The van der Waals surface area contributed by atoms with Crippen molar-refractivity contribution in [2.75, 3.05) is 19.8 Å². The van der Waals surface area contributed by atoms with Crippen LogP contribution < -0.4 is 5.32 Å². The monoisotopic (exact) mass is 346 g/mol. The number of hydrogen-bond donors (Lipinski definition) is 1. The van der Waals surface area contributed by atoms with Gasteiger partial charge in [0.05, 0.1) is 19.4 Å². The Morgan fingerprint density at radius 2 is 2.16 bits per heavy atom. The second-order valence-corrected chi connectivity index (χ2v) is 7.07. The van der Waals surface area contributed by atoms with Gasteiger partial charge in [-0.05, 0) is 30.9 Å². The predicted molar refractivity (Wildman–Crippen MR) is 98.0 cm³/mol. The van der Waals surface area contributed by atoms with Gasteiger partial charge in [-0.3, -0.25) is 0 Å². The lowest BCUT2D eigenvalue weighted by atomic mass is 9.94. The van der Waals surface area contributed by atoms with Crippen molar-refractivity contribution < 1.29 is 13.9 Å². The standard InChI is InChI=1S/C20H30N2O3/c1-4-12-22(17-9-6-5-7-10-17)20(23)21-18(15-24-14-16(2)3)19-11-8-13-25-19/h1,8,11,13,16-18H,5-7,9-10,12,14-15H2,2-3H3,(H,21,23). The molecule has 1 fully saturated rings. The second kappa shape index (κ2) is 10.1. The lowest BCUT2D eigenvalue weighted by Gasteiger charge is -2.34. The Balaban J connectivity index is 2.01. The van der Waals surface area contributed by atoms with E-state index in [0.717, 1.165) is 25.7 Å². The number of nitrogens with one attached hydrogen (secondary N) is 1. The molecule has 0 saturated heterocycles. The molecule has 5 heteroatoms. The zero-order chi connectivity index (χ0) is 18.1. The third-order valence-corrected chi connectivity index (χ3v) is 4.46. The molecule has 1 heterocycles. The van der Waals surface area contributed by atoms with Crippen LogP contribution in [0.25, 0.3) is 0 Å². The van der Waals surface area contributed by atoms with Gasteiger partial charge < -0.3 is 19.4 Å². The quantitative estimate of drug-likeness (QED) is 0.725. The Morgan fingerprint density at radius 3 is 2.76 bits per heavy atom. The van der Waals surface area contributed by atoms with Crippen LogP contribution in [0.3, 0.4) is 0 Å². The highest BCUT2D eigenvalue weighted by atomic mass is 16.5. The van der Waals surface area contributed by atoms with E-state index in [1.54, 1.807) is 11.2 Å². The van der Waals surface area contributed by atoms with Crippen LogP contribution in [0.1, 0.15) is 57.8 Å². The van der Waals surface area contributed by atoms with Crippen molar-refractivity contribution in [3.8, 4) is 12.3 Å². The molecule has 1 aliphatic carbocycles. The minimum absolute atomic E-state index is 0.139. The van der Waals surface area contributed by atoms with Gasteiger partial charge in [-0.25, -0.2) is 4.79 Å². The Labute approximate surface area is 151 Å². The zero-order valence-electron chi connectivity index (χ0n) is 15.4. The summed E-state index contributed by atoms with van der Waals surface area (Å²) in [6.45, 7) is 5.54. The van der Waals surface area contributed by atoms with Crippen LogP contribution in [-0.2, 0) is 4.74 Å². The Morgan fingerprint density at radius 1 is 1.40 bits per heavy atom. The lowest BCUT2D eigenvalue weighted by Crippen LogP contribution is -2.48. The summed E-state index contributed by atoms with van der Waals surface area (Å²) in [5, 5.41) is 3.05. The van der Waals surface area contributed by atoms with Gasteiger partial charge in [0.15, 0.2) is 0 Å². The fourth-order valence-corrected chi connectivity index (χ4v) is 3.20. The highest BCUT2D eigenvalue weighted by Crippen LogP contribution is 2.23. The van der Waals surface area contributed by atoms with Crippen LogP contribution in [0.4, 0.5) is 4.79 Å². The molecule has 1 atom stereocenters. The summed E-state index contributed by atoms with van der Waals surface area (Å²) in [6.07, 6.45) is 12.7. The number of amides is 2. The summed E-state index contributed by atoms with van der Waals surface area (Å²) < 4.78 is 11.2. The van der Waals surface area contributed by atoms with Crippen molar-refractivity contribution in [2.45, 2.75) is 58.0 Å². The molecule has 0 aromatic carbocycles. The summed E-state index contributed by atoms with van der Waals surface area (Å²) in [5.74, 6) is 3.76. The molecule has 0 spiro atoms. The topological polar surface area (TPSA) is 54.7 Å². The molecule has 25 heavy (non-hydrogen) atoms. The number of rotatable bonds is 8. The number of furan rings is 1. The number of carbonyl (C=O) groups is 1. The van der Waals surface area contributed by atoms with E-state index in [-0.39, 0.29) is 18.1 Å². The van der Waals surface area contributed by atoms with Crippen LogP contribution in [0.2, 0.25) is 0 Å². The Kier molecular flexibility index (Phi) is 7.87. The third-order valence-electron chi connectivity index (χ3n) is 4.46. The van der Waals surface area contributed by atoms with E-state index in [0.29, 0.717) is 31.4 Å². The number of terminal acetylenes is 1. The fourth-order valence-electron chi connectivity index (χ4n) is 3.20. The van der Waals surface area contributed by atoms with Gasteiger partial charge in [-0.2, -0.15) is 0 Å². The second-order valence-electron chi connectivity index (χ2n) is 7.07. The summed E-state index contributed by atoms with van der Waals surface area (Å²) in [7, 11) is 0. The van der Waals surface area contributed by atoms with Crippen molar-refractivity contribution >= 4 is 6.03 Å². The van der Waals surface area contributed by atoms with Crippen LogP contribution in [0.5, 0.6) is 0 Å². The average Bonchev–Trinajstić information content (AvgIpc) is 3.13. The molecule has 2 rings (SSSR count). The summed E-state index contributed by atoms with van der Waals surface area (Å²) in [4.78, 5) is 14.6. The van der Waals surface area contributed by atoms with Crippen molar-refractivity contribution in [3.63, 3.8) is 0 Å². The Hall–Kier alpha value is -1.93. The smallest absolute Gasteiger partial charge is 0.319 e. The molecular formula is C20H30N2O3. The van der Waals surface area contributed by atoms with E-state index in [1.807, 2.05) is 12.1 Å². The molecule has 1 aromatic rings. The number of carbonyl (C=O) groups excluding carboxylic acids is 1. The van der Waals surface area contributed by atoms with Gasteiger partial charge >= 0.3 is 6.03 Å². The van der Waals surface area contributed by atoms with Gasteiger partial charge in [-0.1, -0.05) is 39.0 Å². The van der Waals surface area contributed by atoms with Gasteiger partial charge in [0.2, 0.25) is 0 Å². The van der Waals surface area contributed by atoms with Crippen LogP contribution in [0.15, 0.2) is 22.8 Å². The average molecular weight is 346 g/mol. The van der Waals surface area contributed by atoms with Crippen LogP contribution in [0, 0.1) is 18.3 Å². The van der Waals surface area contributed by atoms with Gasteiger partial charge in [0.1, 0.15) is 11.8 Å². The highest BCUT2D eigenvalue weighted by Gasteiger charge is 2.27. The number of nitrogens with zero attached hydrogens (tertiary/aromatic N) is 1. The summed E-state index contributed by atoms with van der Waals surface area (Å²) >= 11 is 0. The summed E-state index contributed by atoms with van der Waals surface area (Å²) in [5.41, 5.74) is 0. The molecule has 1 unspecified atom stereocenters. The van der Waals surface area contributed by atoms with E-state index < -0.39 is 0 Å². The first-order valence-corrected chi connectivity index (χ1v) is 9.23. The number of ether oxygens (including phenoxy) is 1. The molecule has 0 bridgehead atoms. The molecule has 1 aromatic heterocycles. The molecule has 0 aliphatic heterocycles. The first-order valence-electron chi connectivity index (χ1n) is 9.23. The first kappa shape index (κ1) is 19.4. The van der Waals surface area contributed by atoms with E-state index in [2.05, 4.69) is 25.1 Å². The molecular weight excluding hydrogens is 316 g/mol. The summed E-state index contributed by atoms with van der Waals surface area (Å²) in [6, 6.07) is 3.44. The maximum atomic E-state index is 12.9. The van der Waals surface area contributed by atoms with Gasteiger partial charge in [0, 0.05) is 12.6 Å².